The minimum Gasteiger partial charge on any atom is -0.493 e. The molecule has 40 heteroatoms. The first-order chi connectivity index (χ1) is 70.0. The fourth-order valence-electron chi connectivity index (χ4n) is 15.9. The number of rotatable bonds is 33. The fourth-order valence-corrected chi connectivity index (χ4v) is 15.9. The predicted molar refractivity (Wildman–Crippen MR) is 539 cm³/mol. The minimum atomic E-state index is 0.216. The molecule has 4 aliphatic rings. The molecule has 22 rings (SSSR count). The summed E-state index contributed by atoms with van der Waals surface area (Å²) in [6.07, 6.45) is 13.4. The van der Waals surface area contributed by atoms with Gasteiger partial charge in [0, 0.05) is 179 Å². The highest BCUT2D eigenvalue weighted by atomic mass is 16.5. The Hall–Kier alpha value is -17.0. The molecule has 0 unspecified atom stereocenters. The van der Waals surface area contributed by atoms with Crippen LogP contribution in [-0.2, 0) is 31.8 Å². The van der Waals surface area contributed by atoms with Gasteiger partial charge >= 0.3 is 24.0 Å². The topological polar surface area (TPSA) is 435 Å². The van der Waals surface area contributed by atoms with E-state index in [-0.39, 0.29) is 37.3 Å². The van der Waals surface area contributed by atoms with Crippen LogP contribution in [0.5, 0.6) is 47.0 Å². The summed E-state index contributed by atoms with van der Waals surface area (Å²) in [6, 6.07) is 62.0. The van der Waals surface area contributed by atoms with Gasteiger partial charge in [-0.3, -0.25) is 15.0 Å². The van der Waals surface area contributed by atoms with Crippen LogP contribution in [0.4, 0.5) is 64.6 Å². The number of hydrazone groups is 1. The molecule has 4 aliphatic heterocycles. The van der Waals surface area contributed by atoms with E-state index in [0.717, 1.165) is 99.9 Å². The van der Waals surface area contributed by atoms with Gasteiger partial charge in [0.2, 0.25) is 41.6 Å². The van der Waals surface area contributed by atoms with Crippen molar-refractivity contribution < 1.29 is 65.7 Å². The molecule has 0 aliphatic carbocycles. The molecule has 11 aromatic heterocycles. The molecule has 15 heterocycles. The van der Waals surface area contributed by atoms with Crippen LogP contribution in [0.3, 0.4) is 0 Å². The van der Waals surface area contributed by atoms with E-state index in [1.807, 2.05) is 175 Å². The molecule has 18 aromatic rings. The van der Waals surface area contributed by atoms with E-state index in [1.54, 1.807) is 51.4 Å². The van der Waals surface area contributed by atoms with Crippen molar-refractivity contribution in [2.45, 2.75) is 26.7 Å². The third-order valence-electron chi connectivity index (χ3n) is 23.2. The van der Waals surface area contributed by atoms with Crippen molar-refractivity contribution in [1.82, 2.24) is 84.7 Å². The average molecular weight is 1920 g/mol. The number of furan rings is 2. The lowest BCUT2D eigenvalue weighted by Crippen LogP contribution is -2.37. The summed E-state index contributed by atoms with van der Waals surface area (Å²) < 4.78 is 79.5. The molecule has 0 saturated carbocycles. The maximum Gasteiger partial charge on any atom is 0.323 e. The first-order valence-corrected chi connectivity index (χ1v) is 46.6. The van der Waals surface area contributed by atoms with Crippen molar-refractivity contribution in [2.24, 2.45) is 5.10 Å². The van der Waals surface area contributed by atoms with Gasteiger partial charge in [-0.2, -0.15) is 64.9 Å². The summed E-state index contributed by atoms with van der Waals surface area (Å²) >= 11 is 0. The molecule has 0 atom stereocenters. The Labute approximate surface area is 814 Å². The highest BCUT2D eigenvalue weighted by molar-refractivity contribution is 6.07. The number of benzene rings is 7. The maximum absolute atomic E-state index is 6.04. The number of methoxy groups -OCH3 is 2. The molecule has 0 bridgehead atoms. The Bertz CT molecular complexity index is 7250. The number of ether oxygens (including phenoxy) is 12. The first kappa shape index (κ1) is 94.0. The molecular formula is C102H104N26O14. The molecule has 40 nitrogen and oxygen atoms in total. The number of aromatic nitrogens is 17. The first-order valence-electron chi connectivity index (χ1n) is 46.6. The van der Waals surface area contributed by atoms with Gasteiger partial charge in [-0.15, -0.1) is 0 Å². The van der Waals surface area contributed by atoms with Crippen molar-refractivity contribution in [2.75, 3.05) is 200 Å². The van der Waals surface area contributed by atoms with E-state index < -0.39 is 0 Å². The van der Waals surface area contributed by atoms with E-state index in [0.29, 0.717) is 215 Å². The van der Waals surface area contributed by atoms with Crippen LogP contribution in [-0.4, -0.2) is 250 Å². The van der Waals surface area contributed by atoms with Crippen LogP contribution in [0.1, 0.15) is 28.1 Å². The van der Waals surface area contributed by atoms with Crippen molar-refractivity contribution in [1.29, 1.82) is 0 Å². The second-order valence-electron chi connectivity index (χ2n) is 32.6. The van der Waals surface area contributed by atoms with Crippen LogP contribution in [0.25, 0.3) is 65.7 Å². The lowest BCUT2D eigenvalue weighted by Gasteiger charge is -2.27. The van der Waals surface area contributed by atoms with Crippen LogP contribution >= 0.6 is 0 Å². The number of pyridine rings is 3. The highest BCUT2D eigenvalue weighted by Crippen LogP contribution is 2.36. The molecule has 7 aromatic carbocycles. The Morgan fingerprint density at radius 2 is 0.810 bits per heavy atom. The number of para-hydroxylation sites is 3. The Balaban J connectivity index is 0.000000120. The quantitative estimate of drug-likeness (QED) is 0.0126. The number of hydrogen-bond acceptors (Lipinski definition) is 38. The van der Waals surface area contributed by atoms with Crippen LogP contribution in [0.15, 0.2) is 239 Å². The zero-order valence-corrected chi connectivity index (χ0v) is 78.6. The van der Waals surface area contributed by atoms with E-state index in [1.165, 1.54) is 10.9 Å². The van der Waals surface area contributed by atoms with Crippen LogP contribution in [0, 0.1) is 13.8 Å². The molecule has 6 N–H and O–H groups in total. The van der Waals surface area contributed by atoms with Crippen molar-refractivity contribution >= 4 is 137 Å². The average Bonchev–Trinajstić information content (AvgIpc) is 1.64. The Morgan fingerprint density at radius 1 is 0.373 bits per heavy atom. The molecule has 4 fully saturated rings. The lowest BCUT2D eigenvalue weighted by atomic mass is 10.1. The number of anilines is 11. The van der Waals surface area contributed by atoms with E-state index in [9.17, 15) is 0 Å². The standard InChI is InChI=1S/C29H29N5O5.C26H24N6O4.C24H27N7O3.C23H24N8O2/c1-35-24-10-7-19(17-26(24)36-2)11-14-38-29-32-27(31-28(33-29)34-12-15-37-16-13-34)30-20-8-9-22-21-5-3-4-6-23(21)39-25(22)18-20;1-2-6-22-20(5-1)21-8-7-18(16-23(21)36-22)28-24-29-25(32-10-12-33-13-11-32)31-26(30-24)35-15-14-34-19-4-3-9-27-17-19;1-16-17(2)26-21-14-18(5-6-20(16)21)27-22-28-23(31-8-10-32-11-9-31)30-24(29-22)34-13-12-33-19-4-3-7-25-15-19;1-2-7-20-19(6-1)17(15-25-20)16-26-30-21-27-22(31-10-13-32-14-11-31)29-23(28-21)33-12-8-18-5-3-4-9-24-18/h3-10,17-18H,11-16H2,1-2H3,(H,30,31,32,33);1-9,16-17H,10-15H2,(H,28,29,30,31);3-7,14-15,26H,8-13H2,1-2H3,(H,27,28,29,30);1-7,9,15-16,25H,8,10-14H2,(H,27,28,29,30)/b;;;26-16+. The van der Waals surface area contributed by atoms with Crippen molar-refractivity contribution in [3.8, 4) is 47.0 Å². The van der Waals surface area contributed by atoms with Gasteiger partial charge in [0.1, 0.15) is 60.3 Å². The van der Waals surface area contributed by atoms with Crippen molar-refractivity contribution in [3.63, 3.8) is 0 Å². The molecule has 142 heavy (non-hydrogen) atoms. The van der Waals surface area contributed by atoms with Crippen LogP contribution < -0.4 is 78.9 Å². The highest BCUT2D eigenvalue weighted by Gasteiger charge is 2.25. The number of hydrogen-bond donors (Lipinski definition) is 6. The number of nitrogens with zero attached hydrogens (tertiary/aromatic N) is 20. The summed E-state index contributed by atoms with van der Waals surface area (Å²) in [5.41, 5.74) is 16.2. The zero-order chi connectivity index (χ0) is 96.4. The van der Waals surface area contributed by atoms with Crippen molar-refractivity contribution in [3.05, 3.63) is 253 Å². The van der Waals surface area contributed by atoms with Gasteiger partial charge in [-0.05, 0) is 128 Å². The third kappa shape index (κ3) is 24.6. The summed E-state index contributed by atoms with van der Waals surface area (Å²) in [4.78, 5) is 81.8. The lowest BCUT2D eigenvalue weighted by molar-refractivity contribution is 0.121. The zero-order valence-electron chi connectivity index (χ0n) is 78.6. The number of morpholine rings is 4. The summed E-state index contributed by atoms with van der Waals surface area (Å²) in [7, 11) is 3.24. The Kier molecular flexibility index (Phi) is 30.8. The van der Waals surface area contributed by atoms with Gasteiger partial charge in [0.05, 0.1) is 98.9 Å². The van der Waals surface area contributed by atoms with Crippen LogP contribution in [0.2, 0.25) is 0 Å². The maximum atomic E-state index is 6.04. The second-order valence-corrected chi connectivity index (χ2v) is 32.6. The van der Waals surface area contributed by atoms with Gasteiger partial charge < -0.3 is 111 Å². The molecule has 4 saturated heterocycles. The number of nitrogens with one attached hydrogen (secondary N) is 6. The third-order valence-corrected chi connectivity index (χ3v) is 23.2. The summed E-state index contributed by atoms with van der Waals surface area (Å²) in [6.45, 7) is 16.8. The molecular weight excluding hydrogens is 1810 g/mol. The molecule has 0 amide bonds. The number of aryl methyl sites for hydroxylation is 2. The smallest absolute Gasteiger partial charge is 0.323 e. The van der Waals surface area contributed by atoms with E-state index in [2.05, 4.69) is 164 Å². The SMILES string of the molecule is C(=N\Nc1nc(OCCc2ccccn2)nc(N2CCOCC2)n1)/c1c[nH]c2ccccc12.COc1ccc(CCOc2nc(Nc3ccc4c(c3)oc3ccccc34)nc(N3CCOCC3)n2)cc1OC.Cc1[nH]c2cc(Nc3nc(OCCOc4cccnc4)nc(N4CCOCC4)n3)ccc2c1C.c1cncc(OCCOc2nc(Nc3ccc4c(c3)oc3ccccc34)nc(N3CCOCC3)n2)c1. The molecule has 0 radical (unpaired) electrons. The largest absolute Gasteiger partial charge is 0.493 e. The predicted octanol–water partition coefficient (Wildman–Crippen LogP) is 15.2. The normalized spacial score (nSPS) is 13.8. The molecule has 726 valence electrons. The number of fused-ring (bicyclic) bond motifs is 8. The van der Waals surface area contributed by atoms with E-state index >= 15 is 0 Å². The van der Waals surface area contributed by atoms with Gasteiger partial charge in [-0.1, -0.05) is 72.8 Å². The monoisotopic (exact) mass is 1920 g/mol. The van der Waals surface area contributed by atoms with Gasteiger partial charge in [0.25, 0.3) is 5.95 Å². The summed E-state index contributed by atoms with van der Waals surface area (Å²) in [5.74, 6) is 6.39. The second kappa shape index (κ2) is 46.4. The Morgan fingerprint density at radius 3 is 1.30 bits per heavy atom. The van der Waals surface area contributed by atoms with Gasteiger partial charge in [-0.25, -0.2) is 5.43 Å². The summed E-state index contributed by atoms with van der Waals surface area (Å²) in [5, 5.41) is 20.8. The molecule has 0 spiro atoms. The fraction of sp³-hybridized carbons (Fsp3) is 0.275. The van der Waals surface area contributed by atoms with Gasteiger partial charge in [0.15, 0.2) is 11.5 Å². The van der Waals surface area contributed by atoms with E-state index in [4.69, 9.17) is 65.7 Å². The minimum absolute atomic E-state index is 0.216. The number of H-pyrrole nitrogens is 2. The number of aromatic amines is 2.